The molecule has 0 aliphatic carbocycles. The van der Waals surface area contributed by atoms with E-state index in [1.54, 1.807) is 0 Å². The predicted octanol–water partition coefficient (Wildman–Crippen LogP) is 2.84. The van der Waals surface area contributed by atoms with Gasteiger partial charge in [-0.2, -0.15) is 0 Å². The quantitative estimate of drug-likeness (QED) is 0.558. The number of esters is 1. The molecule has 0 radical (unpaired) electrons. The first kappa shape index (κ1) is 12.6. The third-order valence-corrected chi connectivity index (χ3v) is 3.97. The lowest BCUT2D eigenvalue weighted by atomic mass is 9.95. The van der Waals surface area contributed by atoms with E-state index in [0.29, 0.717) is 6.42 Å². The van der Waals surface area contributed by atoms with Crippen LogP contribution < -0.4 is 0 Å². The van der Waals surface area contributed by atoms with Crippen LogP contribution in [0.15, 0.2) is 12.2 Å². The molecule has 0 spiro atoms. The molecule has 0 amide bonds. The number of rotatable bonds is 4. The fourth-order valence-corrected chi connectivity index (χ4v) is 2.52. The van der Waals surface area contributed by atoms with Crippen LogP contribution >= 0.6 is 0 Å². The molecule has 3 heteroatoms. The van der Waals surface area contributed by atoms with E-state index >= 15 is 0 Å². The highest BCUT2D eigenvalue weighted by Gasteiger charge is 2.43. The Labute approximate surface area is 103 Å². The van der Waals surface area contributed by atoms with Crippen LogP contribution in [-0.4, -0.2) is 24.3 Å². The molecule has 3 nitrogen and oxygen atoms in total. The SMILES string of the molecule is C=C1C(CCC(C)CC)OC2CCC(=O)OC12. The van der Waals surface area contributed by atoms with Crippen molar-refractivity contribution in [2.24, 2.45) is 5.92 Å². The Kier molecular flexibility index (Phi) is 3.87. The van der Waals surface area contributed by atoms with Gasteiger partial charge in [-0.1, -0.05) is 26.8 Å². The lowest BCUT2D eigenvalue weighted by Gasteiger charge is -2.23. The minimum atomic E-state index is -0.182. The molecule has 2 fully saturated rings. The van der Waals surface area contributed by atoms with Gasteiger partial charge in [0.1, 0.15) is 0 Å². The summed E-state index contributed by atoms with van der Waals surface area (Å²) < 4.78 is 11.3. The van der Waals surface area contributed by atoms with Crippen molar-refractivity contribution in [2.75, 3.05) is 0 Å². The Bertz CT molecular complexity index is 311. The highest BCUT2D eigenvalue weighted by atomic mass is 16.6. The number of hydrogen-bond donors (Lipinski definition) is 0. The molecular weight excluding hydrogens is 216 g/mol. The summed E-state index contributed by atoms with van der Waals surface area (Å²) in [6.07, 6.45) is 4.56. The van der Waals surface area contributed by atoms with Crippen LogP contribution in [0, 0.1) is 5.92 Å². The maximum Gasteiger partial charge on any atom is 0.306 e. The average molecular weight is 238 g/mol. The molecular formula is C14H22O3. The maximum absolute atomic E-state index is 11.3. The molecule has 4 atom stereocenters. The Hall–Kier alpha value is -0.830. The molecule has 0 bridgehead atoms. The first-order valence-corrected chi connectivity index (χ1v) is 6.65. The number of hydrogen-bond acceptors (Lipinski definition) is 3. The second-order valence-corrected chi connectivity index (χ2v) is 5.28. The summed E-state index contributed by atoms with van der Waals surface area (Å²) in [5.41, 5.74) is 0.964. The first-order valence-electron chi connectivity index (χ1n) is 6.65. The lowest BCUT2D eigenvalue weighted by Crippen LogP contribution is -2.33. The van der Waals surface area contributed by atoms with Crippen molar-refractivity contribution in [3.63, 3.8) is 0 Å². The van der Waals surface area contributed by atoms with Gasteiger partial charge in [0.25, 0.3) is 0 Å². The second kappa shape index (κ2) is 5.21. The molecule has 0 N–H and O–H groups in total. The van der Waals surface area contributed by atoms with Crippen LogP contribution in [0.1, 0.15) is 46.0 Å². The average Bonchev–Trinajstić information content (AvgIpc) is 2.63. The summed E-state index contributed by atoms with van der Waals surface area (Å²) in [5.74, 6) is 0.607. The van der Waals surface area contributed by atoms with Gasteiger partial charge in [-0.05, 0) is 30.8 Å². The Morgan fingerprint density at radius 3 is 3.00 bits per heavy atom. The molecule has 2 heterocycles. The third-order valence-electron chi connectivity index (χ3n) is 3.97. The maximum atomic E-state index is 11.3. The largest absolute Gasteiger partial charge is 0.455 e. The van der Waals surface area contributed by atoms with Crippen molar-refractivity contribution in [3.8, 4) is 0 Å². The van der Waals surface area contributed by atoms with Gasteiger partial charge in [-0.3, -0.25) is 4.79 Å². The van der Waals surface area contributed by atoms with Gasteiger partial charge >= 0.3 is 5.97 Å². The summed E-state index contributed by atoms with van der Waals surface area (Å²) in [6.45, 7) is 8.52. The summed E-state index contributed by atoms with van der Waals surface area (Å²) in [4.78, 5) is 11.3. The highest BCUT2D eigenvalue weighted by molar-refractivity contribution is 5.71. The van der Waals surface area contributed by atoms with E-state index in [0.717, 1.165) is 30.8 Å². The van der Waals surface area contributed by atoms with Crippen molar-refractivity contribution < 1.29 is 14.3 Å². The first-order chi connectivity index (χ1) is 8.11. The zero-order valence-corrected chi connectivity index (χ0v) is 10.8. The van der Waals surface area contributed by atoms with Crippen LogP contribution in [0.2, 0.25) is 0 Å². The second-order valence-electron chi connectivity index (χ2n) is 5.28. The highest BCUT2D eigenvalue weighted by Crippen LogP contribution is 2.36. The normalized spacial score (nSPS) is 34.4. The minimum Gasteiger partial charge on any atom is -0.455 e. The van der Waals surface area contributed by atoms with E-state index in [1.165, 1.54) is 6.42 Å². The molecule has 17 heavy (non-hydrogen) atoms. The fraction of sp³-hybridized carbons (Fsp3) is 0.786. The van der Waals surface area contributed by atoms with Crippen LogP contribution in [0.3, 0.4) is 0 Å². The monoisotopic (exact) mass is 238 g/mol. The van der Waals surface area contributed by atoms with Crippen LogP contribution in [-0.2, 0) is 14.3 Å². The van der Waals surface area contributed by atoms with Crippen molar-refractivity contribution >= 4 is 5.97 Å². The van der Waals surface area contributed by atoms with Crippen molar-refractivity contribution in [2.45, 2.75) is 64.3 Å². The lowest BCUT2D eigenvalue weighted by molar-refractivity contribution is -0.158. The van der Waals surface area contributed by atoms with Crippen LogP contribution in [0.5, 0.6) is 0 Å². The van der Waals surface area contributed by atoms with Crippen LogP contribution in [0.25, 0.3) is 0 Å². The third kappa shape index (κ3) is 2.71. The molecule has 4 unspecified atom stereocenters. The van der Waals surface area contributed by atoms with Gasteiger partial charge in [0, 0.05) is 6.42 Å². The molecule has 2 aliphatic heterocycles. The molecule has 2 rings (SSSR count). The van der Waals surface area contributed by atoms with E-state index in [9.17, 15) is 4.79 Å². The Morgan fingerprint density at radius 1 is 1.53 bits per heavy atom. The standard InChI is InChI=1S/C14H22O3/c1-4-9(2)5-6-11-10(3)14-12(16-11)7-8-13(15)17-14/h9,11-12,14H,3-8H2,1-2H3. The van der Waals surface area contributed by atoms with Gasteiger partial charge in [-0.25, -0.2) is 0 Å². The number of fused-ring (bicyclic) bond motifs is 1. The molecule has 2 aliphatic rings. The molecule has 0 aromatic carbocycles. The predicted molar refractivity (Wildman–Crippen MR) is 65.6 cm³/mol. The van der Waals surface area contributed by atoms with E-state index in [4.69, 9.17) is 9.47 Å². The van der Waals surface area contributed by atoms with E-state index < -0.39 is 0 Å². The van der Waals surface area contributed by atoms with Crippen molar-refractivity contribution in [3.05, 3.63) is 12.2 Å². The zero-order valence-electron chi connectivity index (χ0n) is 10.8. The number of ether oxygens (including phenoxy) is 2. The summed E-state index contributed by atoms with van der Waals surface area (Å²) in [5, 5.41) is 0. The molecule has 2 saturated heterocycles. The van der Waals surface area contributed by atoms with E-state index in [-0.39, 0.29) is 24.3 Å². The number of carbonyl (C=O) groups is 1. The van der Waals surface area contributed by atoms with Gasteiger partial charge in [0.2, 0.25) is 0 Å². The van der Waals surface area contributed by atoms with Crippen molar-refractivity contribution in [1.29, 1.82) is 0 Å². The van der Waals surface area contributed by atoms with Gasteiger partial charge in [0.05, 0.1) is 12.2 Å². The van der Waals surface area contributed by atoms with Gasteiger partial charge in [0.15, 0.2) is 6.10 Å². The smallest absolute Gasteiger partial charge is 0.306 e. The molecule has 0 aromatic rings. The topological polar surface area (TPSA) is 35.5 Å². The van der Waals surface area contributed by atoms with Crippen molar-refractivity contribution in [1.82, 2.24) is 0 Å². The van der Waals surface area contributed by atoms with Gasteiger partial charge in [-0.15, -0.1) is 0 Å². The molecule has 0 aromatic heterocycles. The molecule has 96 valence electrons. The Morgan fingerprint density at radius 2 is 2.29 bits per heavy atom. The summed E-state index contributed by atoms with van der Waals surface area (Å²) in [6, 6.07) is 0. The summed E-state index contributed by atoms with van der Waals surface area (Å²) in [7, 11) is 0. The molecule has 0 saturated carbocycles. The summed E-state index contributed by atoms with van der Waals surface area (Å²) >= 11 is 0. The van der Waals surface area contributed by atoms with E-state index in [2.05, 4.69) is 20.4 Å². The fourth-order valence-electron chi connectivity index (χ4n) is 2.52. The van der Waals surface area contributed by atoms with Gasteiger partial charge < -0.3 is 9.47 Å². The minimum absolute atomic E-state index is 0.0575. The van der Waals surface area contributed by atoms with Crippen LogP contribution in [0.4, 0.5) is 0 Å². The Balaban J connectivity index is 1.89. The van der Waals surface area contributed by atoms with E-state index in [1.807, 2.05) is 0 Å². The zero-order chi connectivity index (χ0) is 12.4. The number of carbonyl (C=O) groups excluding carboxylic acids is 1.